The van der Waals surface area contributed by atoms with Crippen molar-refractivity contribution in [2.75, 3.05) is 16.8 Å². The largest absolute Gasteiger partial charge is 0.326 e. The number of hydrogen-bond acceptors (Lipinski definition) is 4. The van der Waals surface area contributed by atoms with Gasteiger partial charge in [0, 0.05) is 24.3 Å². The van der Waals surface area contributed by atoms with Gasteiger partial charge in [-0.15, -0.1) is 0 Å². The lowest BCUT2D eigenvalue weighted by Gasteiger charge is -2.19. The van der Waals surface area contributed by atoms with Crippen LogP contribution in [0.1, 0.15) is 12.0 Å². The van der Waals surface area contributed by atoms with Gasteiger partial charge in [0.25, 0.3) is 5.56 Å². The summed E-state index contributed by atoms with van der Waals surface area (Å²) in [5, 5.41) is 3.21. The van der Waals surface area contributed by atoms with Crippen LogP contribution in [0.5, 0.6) is 0 Å². The molecule has 2 N–H and O–H groups in total. The fourth-order valence-corrected chi connectivity index (χ4v) is 3.37. The van der Waals surface area contributed by atoms with E-state index in [-0.39, 0.29) is 23.8 Å². The molecule has 0 aliphatic carbocycles. The van der Waals surface area contributed by atoms with E-state index in [0.29, 0.717) is 23.1 Å². The number of aromatic nitrogens is 2. The average Bonchev–Trinajstić information content (AvgIpc) is 3.04. The zero-order valence-corrected chi connectivity index (χ0v) is 14.7. The monoisotopic (exact) mass is 362 g/mol. The highest BCUT2D eigenvalue weighted by atomic mass is 16.2. The molecular weight excluding hydrogens is 344 g/mol. The van der Waals surface area contributed by atoms with Gasteiger partial charge in [0.1, 0.15) is 0 Å². The summed E-state index contributed by atoms with van der Waals surface area (Å²) in [4.78, 5) is 45.2. The van der Waals surface area contributed by atoms with Crippen LogP contribution >= 0.6 is 0 Å². The molecule has 7 heteroatoms. The third kappa shape index (κ3) is 3.19. The SMILES string of the molecule is Cc1ccccc1N1CC(C(=O)Nc2ccc3nc[nH]c(=O)c3c2)CC1=O. The molecule has 0 bridgehead atoms. The summed E-state index contributed by atoms with van der Waals surface area (Å²) < 4.78 is 0. The first kappa shape index (κ1) is 17.0. The van der Waals surface area contributed by atoms with E-state index in [1.54, 1.807) is 23.1 Å². The molecule has 2 aromatic carbocycles. The molecular formula is C20H18N4O3. The first-order chi connectivity index (χ1) is 13.0. The van der Waals surface area contributed by atoms with E-state index in [9.17, 15) is 14.4 Å². The van der Waals surface area contributed by atoms with Crippen LogP contribution in [0.25, 0.3) is 10.9 Å². The summed E-state index contributed by atoms with van der Waals surface area (Å²) in [5.74, 6) is -0.748. The highest BCUT2D eigenvalue weighted by Crippen LogP contribution is 2.28. The first-order valence-electron chi connectivity index (χ1n) is 8.67. The van der Waals surface area contributed by atoms with E-state index in [1.165, 1.54) is 6.33 Å². The number of amides is 2. The van der Waals surface area contributed by atoms with Crippen LogP contribution < -0.4 is 15.8 Å². The van der Waals surface area contributed by atoms with E-state index in [2.05, 4.69) is 15.3 Å². The number of anilines is 2. The molecule has 0 saturated carbocycles. The Bertz CT molecular complexity index is 1110. The van der Waals surface area contributed by atoms with Gasteiger partial charge in [-0.3, -0.25) is 14.4 Å². The normalized spacial score (nSPS) is 16.7. The number of para-hydroxylation sites is 1. The van der Waals surface area contributed by atoms with Crippen LogP contribution in [0.15, 0.2) is 53.6 Å². The van der Waals surface area contributed by atoms with E-state index in [0.717, 1.165) is 11.3 Å². The standard InChI is InChI=1S/C20H18N4O3/c1-12-4-2-3-5-17(12)24-10-13(8-18(24)25)19(26)23-14-6-7-16-15(9-14)20(27)22-11-21-16/h2-7,9,11,13H,8,10H2,1H3,(H,23,26)(H,21,22,27). The minimum atomic E-state index is -0.444. The molecule has 2 amide bonds. The van der Waals surface area contributed by atoms with Crippen LogP contribution in [0.4, 0.5) is 11.4 Å². The van der Waals surface area contributed by atoms with Crippen molar-refractivity contribution >= 4 is 34.1 Å². The molecule has 2 heterocycles. The predicted octanol–water partition coefficient (Wildman–Crippen LogP) is 2.22. The molecule has 1 atom stereocenters. The Kier molecular flexibility index (Phi) is 4.19. The van der Waals surface area contributed by atoms with Crippen LogP contribution in [0, 0.1) is 12.8 Å². The maximum atomic E-state index is 12.7. The molecule has 1 aliphatic rings. The molecule has 1 aromatic heterocycles. The Morgan fingerprint density at radius 2 is 2.04 bits per heavy atom. The van der Waals surface area contributed by atoms with Gasteiger partial charge in [-0.2, -0.15) is 0 Å². The molecule has 7 nitrogen and oxygen atoms in total. The molecule has 136 valence electrons. The molecule has 1 unspecified atom stereocenters. The van der Waals surface area contributed by atoms with Gasteiger partial charge < -0.3 is 15.2 Å². The Balaban J connectivity index is 1.52. The van der Waals surface area contributed by atoms with E-state index >= 15 is 0 Å². The number of hydrogen-bond donors (Lipinski definition) is 2. The van der Waals surface area contributed by atoms with E-state index in [1.807, 2.05) is 31.2 Å². The van der Waals surface area contributed by atoms with Gasteiger partial charge in [-0.1, -0.05) is 18.2 Å². The molecule has 4 rings (SSSR count). The minimum absolute atomic E-state index is 0.0661. The predicted molar refractivity (Wildman–Crippen MR) is 103 cm³/mol. The van der Waals surface area contributed by atoms with Crippen molar-refractivity contribution in [3.05, 3.63) is 64.7 Å². The summed E-state index contributed by atoms with van der Waals surface area (Å²) >= 11 is 0. The number of rotatable bonds is 3. The van der Waals surface area contributed by atoms with Crippen LogP contribution in [0.2, 0.25) is 0 Å². The summed E-state index contributed by atoms with van der Waals surface area (Å²) in [6.45, 7) is 2.28. The van der Waals surface area contributed by atoms with Gasteiger partial charge in [0.2, 0.25) is 11.8 Å². The highest BCUT2D eigenvalue weighted by Gasteiger charge is 2.35. The number of fused-ring (bicyclic) bond motifs is 1. The fourth-order valence-electron chi connectivity index (χ4n) is 3.37. The average molecular weight is 362 g/mol. The number of nitrogens with zero attached hydrogens (tertiary/aromatic N) is 2. The topological polar surface area (TPSA) is 95.2 Å². The third-order valence-electron chi connectivity index (χ3n) is 4.81. The van der Waals surface area contributed by atoms with Gasteiger partial charge >= 0.3 is 0 Å². The zero-order valence-electron chi connectivity index (χ0n) is 14.7. The number of carbonyl (C=O) groups excluding carboxylic acids is 2. The number of benzene rings is 2. The van der Waals surface area contributed by atoms with Crippen molar-refractivity contribution in [3.8, 4) is 0 Å². The quantitative estimate of drug-likeness (QED) is 0.747. The summed E-state index contributed by atoms with van der Waals surface area (Å²) in [5.41, 5.74) is 2.62. The molecule has 1 fully saturated rings. The molecule has 1 aliphatic heterocycles. The Morgan fingerprint density at radius 1 is 1.22 bits per heavy atom. The second kappa shape index (κ2) is 6.68. The Hall–Kier alpha value is -3.48. The number of nitrogens with one attached hydrogen (secondary N) is 2. The van der Waals surface area contributed by atoms with Crippen molar-refractivity contribution in [2.24, 2.45) is 5.92 Å². The smallest absolute Gasteiger partial charge is 0.258 e. The number of aromatic amines is 1. The Labute approximate surface area is 155 Å². The number of carbonyl (C=O) groups is 2. The van der Waals surface area contributed by atoms with Gasteiger partial charge in [0.15, 0.2) is 0 Å². The zero-order chi connectivity index (χ0) is 19.0. The van der Waals surface area contributed by atoms with Crippen LogP contribution in [0.3, 0.4) is 0 Å². The van der Waals surface area contributed by atoms with Gasteiger partial charge in [0.05, 0.1) is 23.1 Å². The lowest BCUT2D eigenvalue weighted by Crippen LogP contribution is -2.28. The number of aryl methyl sites for hydroxylation is 1. The first-order valence-corrected chi connectivity index (χ1v) is 8.67. The fraction of sp³-hybridized carbons (Fsp3) is 0.200. The maximum Gasteiger partial charge on any atom is 0.258 e. The molecule has 0 radical (unpaired) electrons. The van der Waals surface area contributed by atoms with Gasteiger partial charge in [-0.05, 0) is 36.8 Å². The lowest BCUT2D eigenvalue weighted by atomic mass is 10.1. The number of H-pyrrole nitrogens is 1. The van der Waals surface area contributed by atoms with E-state index < -0.39 is 5.92 Å². The van der Waals surface area contributed by atoms with Crippen LogP contribution in [-0.2, 0) is 9.59 Å². The summed E-state index contributed by atoms with van der Waals surface area (Å²) in [6, 6.07) is 12.6. The molecule has 1 saturated heterocycles. The highest BCUT2D eigenvalue weighted by molar-refractivity contribution is 6.04. The molecule has 3 aromatic rings. The van der Waals surface area contributed by atoms with Crippen molar-refractivity contribution in [1.29, 1.82) is 0 Å². The molecule has 0 spiro atoms. The summed E-state index contributed by atoms with van der Waals surface area (Å²) in [7, 11) is 0. The second-order valence-electron chi connectivity index (χ2n) is 6.64. The minimum Gasteiger partial charge on any atom is -0.326 e. The van der Waals surface area contributed by atoms with Crippen molar-refractivity contribution < 1.29 is 9.59 Å². The van der Waals surface area contributed by atoms with Crippen molar-refractivity contribution in [1.82, 2.24) is 9.97 Å². The lowest BCUT2D eigenvalue weighted by molar-refractivity contribution is -0.122. The maximum absolute atomic E-state index is 12.7. The summed E-state index contributed by atoms with van der Waals surface area (Å²) in [6.07, 6.45) is 1.50. The van der Waals surface area contributed by atoms with Crippen molar-refractivity contribution in [2.45, 2.75) is 13.3 Å². The van der Waals surface area contributed by atoms with Crippen molar-refractivity contribution in [3.63, 3.8) is 0 Å². The Morgan fingerprint density at radius 3 is 2.85 bits per heavy atom. The van der Waals surface area contributed by atoms with Gasteiger partial charge in [-0.25, -0.2) is 4.98 Å². The third-order valence-corrected chi connectivity index (χ3v) is 4.81. The van der Waals surface area contributed by atoms with E-state index in [4.69, 9.17) is 0 Å². The molecule has 27 heavy (non-hydrogen) atoms. The second-order valence-corrected chi connectivity index (χ2v) is 6.64. The van der Waals surface area contributed by atoms with Crippen LogP contribution in [-0.4, -0.2) is 28.3 Å².